The normalized spacial score (nSPS) is 21.0. The maximum atomic E-state index is 11.5. The van der Waals surface area contributed by atoms with Crippen molar-refractivity contribution in [3.63, 3.8) is 0 Å². The fourth-order valence-corrected chi connectivity index (χ4v) is 1.06. The van der Waals surface area contributed by atoms with Gasteiger partial charge in [0.15, 0.2) is 0 Å². The van der Waals surface area contributed by atoms with Crippen LogP contribution in [-0.2, 0) is 9.57 Å². The van der Waals surface area contributed by atoms with Crippen molar-refractivity contribution in [3.05, 3.63) is 10.4 Å². The van der Waals surface area contributed by atoms with E-state index >= 15 is 0 Å². The average Bonchev–Trinajstić information content (AvgIpc) is 2.50. The minimum absolute atomic E-state index is 0.212. The van der Waals surface area contributed by atoms with E-state index in [2.05, 4.69) is 10.0 Å². The van der Waals surface area contributed by atoms with Gasteiger partial charge in [0.25, 0.3) is 0 Å². The van der Waals surface area contributed by atoms with Gasteiger partial charge in [0.05, 0.1) is 19.2 Å². The second-order valence-corrected chi connectivity index (χ2v) is 4.20. The fourth-order valence-electron chi connectivity index (χ4n) is 1.06. The number of hydrogen-bond donors (Lipinski definition) is 0. The van der Waals surface area contributed by atoms with E-state index < -0.39 is 11.7 Å². The van der Waals surface area contributed by atoms with Crippen molar-refractivity contribution in [2.75, 3.05) is 13.2 Å². The molecule has 0 bridgehead atoms. The fraction of sp³-hybridized carbons (Fsp3) is 0.875. The van der Waals surface area contributed by atoms with Gasteiger partial charge in [0, 0.05) is 4.91 Å². The Kier molecular flexibility index (Phi) is 3.39. The van der Waals surface area contributed by atoms with E-state index in [4.69, 9.17) is 15.1 Å². The van der Waals surface area contributed by atoms with Crippen LogP contribution in [0, 0.1) is 0 Å². The van der Waals surface area contributed by atoms with E-state index in [1.54, 1.807) is 20.8 Å². The van der Waals surface area contributed by atoms with E-state index in [9.17, 15) is 4.79 Å². The Labute approximate surface area is 87.5 Å². The molecule has 0 aromatic heterocycles. The molecule has 0 aliphatic carbocycles. The summed E-state index contributed by atoms with van der Waals surface area (Å²) in [7, 11) is 0. The summed E-state index contributed by atoms with van der Waals surface area (Å²) in [6, 6.07) is -0.331. The van der Waals surface area contributed by atoms with Crippen LogP contribution in [0.4, 0.5) is 4.79 Å². The lowest BCUT2D eigenvalue weighted by atomic mass is 10.2. The molecule has 1 aliphatic heterocycles. The van der Waals surface area contributed by atoms with Gasteiger partial charge in [-0.3, -0.25) is 4.84 Å². The summed E-state index contributed by atoms with van der Waals surface area (Å²) in [5, 5.41) is 4.53. The largest absolute Gasteiger partial charge is 0.442 e. The van der Waals surface area contributed by atoms with E-state index in [1.807, 2.05) is 0 Å². The first-order chi connectivity index (χ1) is 6.92. The Morgan fingerprint density at radius 3 is 2.87 bits per heavy atom. The van der Waals surface area contributed by atoms with Crippen LogP contribution >= 0.6 is 0 Å². The number of carbonyl (C=O) groups is 1. The van der Waals surface area contributed by atoms with Crippen LogP contribution in [0.3, 0.4) is 0 Å². The number of hydroxylamine groups is 2. The van der Waals surface area contributed by atoms with Gasteiger partial charge in [0.1, 0.15) is 5.60 Å². The molecule has 1 aliphatic rings. The van der Waals surface area contributed by atoms with E-state index in [0.29, 0.717) is 0 Å². The van der Waals surface area contributed by atoms with Gasteiger partial charge in [-0.15, -0.1) is 0 Å². The number of hydrogen-bond acceptors (Lipinski definition) is 4. The summed E-state index contributed by atoms with van der Waals surface area (Å²) >= 11 is 0. The van der Waals surface area contributed by atoms with Gasteiger partial charge < -0.3 is 4.74 Å². The summed E-state index contributed by atoms with van der Waals surface area (Å²) in [5.74, 6) is 0. The molecule has 0 saturated carbocycles. The third-order valence-corrected chi connectivity index (χ3v) is 1.61. The number of carbonyl (C=O) groups excluding carboxylic acids is 1. The molecule has 1 atom stereocenters. The SMILES string of the molecule is CC(C)(C)OC(=O)N1C[C@H](N=[N+]=[N-])CO1. The first kappa shape index (κ1) is 11.6. The van der Waals surface area contributed by atoms with Crippen LogP contribution in [0.2, 0.25) is 0 Å². The molecule has 1 amide bonds. The second-order valence-electron chi connectivity index (χ2n) is 4.20. The maximum Gasteiger partial charge on any atom is 0.434 e. The lowest BCUT2D eigenvalue weighted by molar-refractivity contribution is -0.107. The summed E-state index contributed by atoms with van der Waals surface area (Å²) in [4.78, 5) is 19.1. The first-order valence-electron chi connectivity index (χ1n) is 4.60. The molecule has 0 aromatic carbocycles. The lowest BCUT2D eigenvalue weighted by Gasteiger charge is -2.23. The van der Waals surface area contributed by atoms with E-state index in [0.717, 1.165) is 5.06 Å². The Morgan fingerprint density at radius 2 is 2.33 bits per heavy atom. The monoisotopic (exact) mass is 214 g/mol. The molecule has 0 aromatic rings. The number of rotatable bonds is 1. The molecule has 1 fully saturated rings. The highest BCUT2D eigenvalue weighted by atomic mass is 16.7. The summed E-state index contributed by atoms with van der Waals surface area (Å²) < 4.78 is 5.08. The predicted octanol–water partition coefficient (Wildman–Crippen LogP) is 1.85. The second kappa shape index (κ2) is 4.37. The molecular weight excluding hydrogens is 200 g/mol. The highest BCUT2D eigenvalue weighted by molar-refractivity contribution is 5.67. The summed E-state index contributed by atoms with van der Waals surface area (Å²) in [5.41, 5.74) is 7.65. The van der Waals surface area contributed by atoms with Crippen molar-refractivity contribution in [1.82, 2.24) is 5.06 Å². The van der Waals surface area contributed by atoms with Crippen molar-refractivity contribution in [2.45, 2.75) is 32.4 Å². The molecule has 1 heterocycles. The molecular formula is C8H14N4O3. The molecule has 1 rings (SSSR count). The third-order valence-electron chi connectivity index (χ3n) is 1.61. The Hall–Kier alpha value is -1.46. The van der Waals surface area contributed by atoms with Crippen molar-refractivity contribution < 1.29 is 14.4 Å². The number of ether oxygens (including phenoxy) is 1. The number of azide groups is 1. The highest BCUT2D eigenvalue weighted by Gasteiger charge is 2.30. The van der Waals surface area contributed by atoms with E-state index in [1.165, 1.54) is 0 Å². The van der Waals surface area contributed by atoms with Gasteiger partial charge in [-0.1, -0.05) is 5.11 Å². The quantitative estimate of drug-likeness (QED) is 0.379. The van der Waals surface area contributed by atoms with Crippen molar-refractivity contribution in [3.8, 4) is 0 Å². The standard InChI is InChI=1S/C8H14N4O3/c1-8(2,3)15-7(13)12-4-6(5-14-12)10-11-9/h6H,4-5H2,1-3H3/t6-/m0/s1. The minimum Gasteiger partial charge on any atom is -0.442 e. The predicted molar refractivity (Wildman–Crippen MR) is 51.8 cm³/mol. The molecule has 0 N–H and O–H groups in total. The van der Waals surface area contributed by atoms with Gasteiger partial charge in [0.2, 0.25) is 0 Å². The molecule has 1 saturated heterocycles. The van der Waals surface area contributed by atoms with Gasteiger partial charge in [-0.05, 0) is 26.3 Å². The smallest absolute Gasteiger partial charge is 0.434 e. The average molecular weight is 214 g/mol. The molecule has 15 heavy (non-hydrogen) atoms. The van der Waals surface area contributed by atoms with Gasteiger partial charge >= 0.3 is 6.09 Å². The molecule has 84 valence electrons. The van der Waals surface area contributed by atoms with Crippen LogP contribution in [0.15, 0.2) is 5.11 Å². The van der Waals surface area contributed by atoms with Gasteiger partial charge in [-0.2, -0.15) is 5.06 Å². The van der Waals surface area contributed by atoms with Crippen LogP contribution in [-0.4, -0.2) is 36.0 Å². The third kappa shape index (κ3) is 3.65. The first-order valence-corrected chi connectivity index (χ1v) is 4.60. The Morgan fingerprint density at radius 1 is 1.67 bits per heavy atom. The van der Waals surface area contributed by atoms with Crippen molar-refractivity contribution >= 4 is 6.09 Å². The number of nitrogens with zero attached hydrogens (tertiary/aromatic N) is 4. The molecule has 7 heteroatoms. The molecule has 0 spiro atoms. The maximum absolute atomic E-state index is 11.5. The minimum atomic E-state index is -0.559. The van der Waals surface area contributed by atoms with Crippen LogP contribution in [0.5, 0.6) is 0 Å². The summed E-state index contributed by atoms with van der Waals surface area (Å²) in [6.07, 6.45) is -0.557. The Bertz CT molecular complexity index is 293. The van der Waals surface area contributed by atoms with Crippen LogP contribution in [0.1, 0.15) is 20.8 Å². The molecule has 7 nitrogen and oxygen atoms in total. The summed E-state index contributed by atoms with van der Waals surface area (Å²) in [6.45, 7) is 5.76. The van der Waals surface area contributed by atoms with Gasteiger partial charge in [-0.25, -0.2) is 4.79 Å². The number of amides is 1. The van der Waals surface area contributed by atoms with Crippen LogP contribution < -0.4 is 0 Å². The zero-order valence-electron chi connectivity index (χ0n) is 9.01. The lowest BCUT2D eigenvalue weighted by Crippen LogP contribution is -2.34. The zero-order chi connectivity index (χ0) is 11.5. The molecule has 0 unspecified atom stereocenters. The van der Waals surface area contributed by atoms with Crippen molar-refractivity contribution in [1.29, 1.82) is 0 Å². The van der Waals surface area contributed by atoms with Crippen molar-refractivity contribution in [2.24, 2.45) is 5.11 Å². The zero-order valence-corrected chi connectivity index (χ0v) is 9.01. The topological polar surface area (TPSA) is 87.5 Å². The Balaban J connectivity index is 2.47. The molecule has 0 radical (unpaired) electrons. The van der Waals surface area contributed by atoms with E-state index in [-0.39, 0.29) is 19.2 Å². The van der Waals surface area contributed by atoms with Crippen LogP contribution in [0.25, 0.3) is 10.4 Å². The highest BCUT2D eigenvalue weighted by Crippen LogP contribution is 2.15.